The summed E-state index contributed by atoms with van der Waals surface area (Å²) in [5.41, 5.74) is 3.14. The Labute approximate surface area is 169 Å². The number of rotatable bonds is 5. The average molecular weight is 398 g/mol. The van der Waals surface area contributed by atoms with Crippen LogP contribution < -0.4 is 10.2 Å². The van der Waals surface area contributed by atoms with Gasteiger partial charge in [-0.3, -0.25) is 9.59 Å². The monoisotopic (exact) mass is 398 g/mol. The molecule has 0 saturated carbocycles. The molecular formula is C21H26N4O4. The summed E-state index contributed by atoms with van der Waals surface area (Å²) in [5.74, 6) is 0.714. The van der Waals surface area contributed by atoms with E-state index < -0.39 is 0 Å². The average Bonchev–Trinajstić information content (AvgIpc) is 3.36. The number of hydrogen-bond donors (Lipinski definition) is 1. The zero-order valence-corrected chi connectivity index (χ0v) is 16.8. The van der Waals surface area contributed by atoms with E-state index in [1.165, 1.54) is 5.56 Å². The minimum absolute atomic E-state index is 0.0343. The molecule has 2 aliphatic rings. The maximum atomic E-state index is 12.6. The van der Waals surface area contributed by atoms with Crippen LogP contribution in [0.5, 0.6) is 0 Å². The lowest BCUT2D eigenvalue weighted by atomic mass is 10.00. The van der Waals surface area contributed by atoms with Crippen LogP contribution in [0.2, 0.25) is 0 Å². The molecule has 4 rings (SSSR count). The highest BCUT2D eigenvalue weighted by molar-refractivity contribution is 6.00. The van der Waals surface area contributed by atoms with Gasteiger partial charge >= 0.3 is 0 Å². The van der Waals surface area contributed by atoms with Crippen LogP contribution in [-0.2, 0) is 20.9 Å². The fraction of sp³-hybridized carbons (Fsp3) is 0.524. The molecule has 154 valence electrons. The fourth-order valence-corrected chi connectivity index (χ4v) is 3.79. The molecule has 8 nitrogen and oxygen atoms in total. The predicted octanol–water partition coefficient (Wildman–Crippen LogP) is 2.25. The van der Waals surface area contributed by atoms with Gasteiger partial charge in [-0.05, 0) is 49.9 Å². The van der Waals surface area contributed by atoms with Crippen molar-refractivity contribution in [3.8, 4) is 0 Å². The van der Waals surface area contributed by atoms with Crippen LogP contribution in [-0.4, -0.2) is 41.7 Å². The van der Waals surface area contributed by atoms with Gasteiger partial charge in [-0.1, -0.05) is 11.2 Å². The number of anilines is 1. The van der Waals surface area contributed by atoms with Gasteiger partial charge in [0.1, 0.15) is 0 Å². The number of aromatic nitrogens is 2. The highest BCUT2D eigenvalue weighted by Crippen LogP contribution is 2.27. The van der Waals surface area contributed by atoms with Crippen LogP contribution in [0.3, 0.4) is 0 Å². The minimum atomic E-state index is -0.387. The Bertz CT molecular complexity index is 904. The van der Waals surface area contributed by atoms with E-state index in [9.17, 15) is 9.59 Å². The van der Waals surface area contributed by atoms with Crippen molar-refractivity contribution in [2.75, 3.05) is 24.7 Å². The molecule has 0 aliphatic carbocycles. The molecule has 2 aromatic rings. The maximum absolute atomic E-state index is 12.6. The molecule has 0 unspecified atom stereocenters. The molecular weight excluding hydrogens is 372 g/mol. The first-order valence-electron chi connectivity index (χ1n) is 10.1. The third-order valence-electron chi connectivity index (χ3n) is 5.78. The molecule has 0 bridgehead atoms. The molecule has 1 aromatic carbocycles. The maximum Gasteiger partial charge on any atom is 0.246 e. The van der Waals surface area contributed by atoms with Crippen molar-refractivity contribution in [1.82, 2.24) is 15.5 Å². The van der Waals surface area contributed by atoms with Crippen LogP contribution in [0, 0.1) is 19.8 Å². The molecule has 3 heterocycles. The molecule has 1 N–H and O–H groups in total. The molecule has 1 atom stereocenters. The molecule has 2 fully saturated rings. The normalized spacial score (nSPS) is 20.3. The standard InChI is InChI=1S/C21H26N4O4/c1-13-3-4-17(9-14(13)2)25-12-16(10-19(25)26)21(27)22-11-18-23-20(24-29-18)15-5-7-28-8-6-15/h3-4,9,15-16H,5-8,10-12H2,1-2H3,(H,22,27)/t16-/m1/s1. The molecule has 8 heteroatoms. The Hall–Kier alpha value is -2.74. The van der Waals surface area contributed by atoms with Crippen molar-refractivity contribution in [3.63, 3.8) is 0 Å². The summed E-state index contributed by atoms with van der Waals surface area (Å²) in [4.78, 5) is 31.1. The van der Waals surface area contributed by atoms with Crippen LogP contribution in [0.25, 0.3) is 0 Å². The van der Waals surface area contributed by atoms with Crippen molar-refractivity contribution >= 4 is 17.5 Å². The summed E-state index contributed by atoms with van der Waals surface area (Å²) in [5, 5.41) is 6.87. The van der Waals surface area contributed by atoms with Crippen LogP contribution in [0.1, 0.15) is 48.0 Å². The second-order valence-corrected chi connectivity index (χ2v) is 7.82. The Morgan fingerprint density at radius 3 is 2.79 bits per heavy atom. The van der Waals surface area contributed by atoms with Crippen molar-refractivity contribution in [2.45, 2.75) is 45.6 Å². The van der Waals surface area contributed by atoms with E-state index in [0.717, 1.165) is 24.1 Å². The van der Waals surface area contributed by atoms with Crippen molar-refractivity contribution < 1.29 is 18.8 Å². The third kappa shape index (κ3) is 4.32. The molecule has 2 saturated heterocycles. The van der Waals surface area contributed by atoms with Gasteiger partial charge in [0.05, 0.1) is 12.5 Å². The number of nitrogens with one attached hydrogen (secondary N) is 1. The minimum Gasteiger partial charge on any atom is -0.381 e. The number of amides is 2. The second kappa shape index (κ2) is 8.32. The van der Waals surface area contributed by atoms with Crippen LogP contribution >= 0.6 is 0 Å². The van der Waals surface area contributed by atoms with Gasteiger partial charge in [0, 0.05) is 37.8 Å². The summed E-state index contributed by atoms with van der Waals surface area (Å²) in [6.45, 7) is 6.01. The number of hydrogen-bond acceptors (Lipinski definition) is 6. The Kier molecular flexibility index (Phi) is 5.62. The lowest BCUT2D eigenvalue weighted by Gasteiger charge is -2.18. The van der Waals surface area contributed by atoms with E-state index in [4.69, 9.17) is 9.26 Å². The van der Waals surface area contributed by atoms with Gasteiger partial charge in [0.2, 0.25) is 17.7 Å². The van der Waals surface area contributed by atoms with Gasteiger partial charge in [0.25, 0.3) is 0 Å². The highest BCUT2D eigenvalue weighted by atomic mass is 16.5. The van der Waals surface area contributed by atoms with Gasteiger partial charge in [0.15, 0.2) is 5.82 Å². The molecule has 2 aliphatic heterocycles. The first kappa shape index (κ1) is 19.6. The number of carbonyl (C=O) groups excluding carboxylic acids is 2. The predicted molar refractivity (Wildman–Crippen MR) is 105 cm³/mol. The summed E-state index contributed by atoms with van der Waals surface area (Å²) in [6, 6.07) is 5.91. The van der Waals surface area contributed by atoms with Gasteiger partial charge in [-0.2, -0.15) is 4.98 Å². The Morgan fingerprint density at radius 1 is 1.24 bits per heavy atom. The van der Waals surface area contributed by atoms with Gasteiger partial charge in [-0.25, -0.2) is 0 Å². The van der Waals surface area contributed by atoms with Crippen molar-refractivity contribution in [3.05, 3.63) is 41.0 Å². The number of ether oxygens (including phenoxy) is 1. The summed E-state index contributed by atoms with van der Waals surface area (Å²) >= 11 is 0. The van der Waals surface area contributed by atoms with Crippen molar-refractivity contribution in [2.24, 2.45) is 5.92 Å². The number of carbonyl (C=O) groups is 2. The summed E-state index contributed by atoms with van der Waals surface area (Å²) in [7, 11) is 0. The zero-order chi connectivity index (χ0) is 20.4. The van der Waals surface area contributed by atoms with E-state index in [-0.39, 0.29) is 36.6 Å². The Balaban J connectivity index is 1.33. The summed E-state index contributed by atoms with van der Waals surface area (Å²) < 4.78 is 10.6. The number of nitrogens with zero attached hydrogens (tertiary/aromatic N) is 3. The first-order valence-corrected chi connectivity index (χ1v) is 10.1. The molecule has 0 radical (unpaired) electrons. The summed E-state index contributed by atoms with van der Waals surface area (Å²) in [6.07, 6.45) is 1.96. The SMILES string of the molecule is Cc1ccc(N2C[C@H](C(=O)NCc3nc(C4CCOCC4)no3)CC2=O)cc1C. The van der Waals surface area contributed by atoms with Crippen molar-refractivity contribution in [1.29, 1.82) is 0 Å². The zero-order valence-electron chi connectivity index (χ0n) is 16.8. The lowest BCUT2D eigenvalue weighted by Crippen LogP contribution is -2.32. The smallest absolute Gasteiger partial charge is 0.246 e. The third-order valence-corrected chi connectivity index (χ3v) is 5.78. The number of benzene rings is 1. The van der Waals surface area contributed by atoms with E-state index in [2.05, 4.69) is 15.5 Å². The molecule has 29 heavy (non-hydrogen) atoms. The van der Waals surface area contributed by atoms with E-state index >= 15 is 0 Å². The number of aryl methyl sites for hydroxylation is 2. The largest absolute Gasteiger partial charge is 0.381 e. The second-order valence-electron chi connectivity index (χ2n) is 7.82. The molecule has 1 aromatic heterocycles. The van der Waals surface area contributed by atoms with Crippen LogP contribution in [0.15, 0.2) is 22.7 Å². The van der Waals surface area contributed by atoms with E-state index in [0.29, 0.717) is 31.5 Å². The Morgan fingerprint density at radius 2 is 2.03 bits per heavy atom. The quantitative estimate of drug-likeness (QED) is 0.830. The van der Waals surface area contributed by atoms with E-state index in [1.54, 1.807) is 4.90 Å². The van der Waals surface area contributed by atoms with Crippen LogP contribution in [0.4, 0.5) is 5.69 Å². The topological polar surface area (TPSA) is 97.6 Å². The van der Waals surface area contributed by atoms with Gasteiger partial charge in [-0.15, -0.1) is 0 Å². The van der Waals surface area contributed by atoms with Gasteiger partial charge < -0.3 is 19.5 Å². The van der Waals surface area contributed by atoms with E-state index in [1.807, 2.05) is 32.0 Å². The lowest BCUT2D eigenvalue weighted by molar-refractivity contribution is -0.126. The molecule has 0 spiro atoms. The molecule has 2 amide bonds. The highest BCUT2D eigenvalue weighted by Gasteiger charge is 2.35. The fourth-order valence-electron chi connectivity index (χ4n) is 3.79. The first-order chi connectivity index (χ1) is 14.0.